The van der Waals surface area contributed by atoms with Crippen molar-refractivity contribution in [3.05, 3.63) is 0 Å². The molecule has 2 rings (SSSR count). The fourth-order valence-corrected chi connectivity index (χ4v) is 2.22. The first-order valence-corrected chi connectivity index (χ1v) is 5.90. The van der Waals surface area contributed by atoms with Crippen LogP contribution in [0.15, 0.2) is 0 Å². The van der Waals surface area contributed by atoms with Crippen LogP contribution in [0.3, 0.4) is 0 Å². The van der Waals surface area contributed by atoms with E-state index in [4.69, 9.17) is 14.6 Å². The van der Waals surface area contributed by atoms with E-state index in [1.54, 1.807) is 0 Å². The quantitative estimate of drug-likeness (QED) is 0.747. The Hall–Kier alpha value is -1.14. The summed E-state index contributed by atoms with van der Waals surface area (Å²) in [6.07, 6.45) is 2.10. The normalized spacial score (nSPS) is 29.3. The van der Waals surface area contributed by atoms with E-state index in [2.05, 4.69) is 0 Å². The fraction of sp³-hybridized carbons (Fsp3) is 0.818. The van der Waals surface area contributed by atoms with E-state index in [1.807, 2.05) is 0 Å². The van der Waals surface area contributed by atoms with Crippen LogP contribution in [0, 0.1) is 0 Å². The van der Waals surface area contributed by atoms with E-state index in [0.29, 0.717) is 19.8 Å². The number of carboxylic acid groups (broad SMARTS) is 1. The fourth-order valence-electron chi connectivity index (χ4n) is 2.22. The molecule has 0 saturated carbocycles. The third kappa shape index (κ3) is 2.95. The van der Waals surface area contributed by atoms with Gasteiger partial charge in [0.2, 0.25) is 5.91 Å². The Labute approximate surface area is 99.5 Å². The zero-order chi connectivity index (χ0) is 12.3. The molecule has 2 fully saturated rings. The molecule has 0 aromatic carbocycles. The highest BCUT2D eigenvalue weighted by atomic mass is 16.5. The number of aliphatic carboxylic acids is 1. The van der Waals surface area contributed by atoms with Crippen molar-refractivity contribution in [1.82, 2.24) is 4.90 Å². The number of carbonyl (C=O) groups excluding carboxylic acids is 1. The van der Waals surface area contributed by atoms with Crippen molar-refractivity contribution in [3.8, 4) is 0 Å². The van der Waals surface area contributed by atoms with Crippen LogP contribution in [-0.4, -0.2) is 60.4 Å². The van der Waals surface area contributed by atoms with Crippen molar-refractivity contribution in [3.63, 3.8) is 0 Å². The molecule has 2 saturated heterocycles. The Balaban J connectivity index is 1.93. The summed E-state index contributed by atoms with van der Waals surface area (Å²) in [4.78, 5) is 24.4. The molecule has 6 heteroatoms. The number of carbonyl (C=O) groups is 2. The number of carboxylic acids is 1. The monoisotopic (exact) mass is 243 g/mol. The van der Waals surface area contributed by atoms with E-state index in [-0.39, 0.29) is 25.0 Å². The zero-order valence-electron chi connectivity index (χ0n) is 9.63. The molecular weight excluding hydrogens is 226 g/mol. The van der Waals surface area contributed by atoms with Crippen LogP contribution < -0.4 is 0 Å². The van der Waals surface area contributed by atoms with Crippen molar-refractivity contribution < 1.29 is 24.2 Å². The number of nitrogens with zero attached hydrogens (tertiary/aromatic N) is 1. The van der Waals surface area contributed by atoms with Crippen molar-refractivity contribution >= 4 is 11.9 Å². The van der Waals surface area contributed by atoms with Gasteiger partial charge in [-0.25, -0.2) is 4.79 Å². The van der Waals surface area contributed by atoms with Crippen LogP contribution in [-0.2, 0) is 19.1 Å². The minimum atomic E-state index is -1.01. The molecule has 1 N–H and O–H groups in total. The SMILES string of the molecule is O=C(O)[C@H]1COCCN1C(=O)C[C@H]1CCCO1. The summed E-state index contributed by atoms with van der Waals surface area (Å²) in [5.41, 5.74) is 0. The Morgan fingerprint density at radius 3 is 2.82 bits per heavy atom. The molecule has 1 amide bonds. The predicted molar refractivity (Wildman–Crippen MR) is 57.5 cm³/mol. The Morgan fingerprint density at radius 1 is 1.35 bits per heavy atom. The molecule has 0 aliphatic carbocycles. The van der Waals surface area contributed by atoms with E-state index in [0.717, 1.165) is 12.8 Å². The molecule has 2 aliphatic rings. The van der Waals surface area contributed by atoms with Crippen LogP contribution in [0.5, 0.6) is 0 Å². The van der Waals surface area contributed by atoms with Gasteiger partial charge in [0.15, 0.2) is 6.04 Å². The molecule has 17 heavy (non-hydrogen) atoms. The van der Waals surface area contributed by atoms with E-state index < -0.39 is 12.0 Å². The highest BCUT2D eigenvalue weighted by Crippen LogP contribution is 2.18. The van der Waals surface area contributed by atoms with Gasteiger partial charge in [0.05, 0.1) is 25.7 Å². The third-order valence-electron chi connectivity index (χ3n) is 3.16. The Kier molecular flexibility index (Phi) is 3.96. The Morgan fingerprint density at radius 2 is 2.18 bits per heavy atom. The van der Waals surface area contributed by atoms with E-state index in [1.165, 1.54) is 4.90 Å². The molecule has 0 unspecified atom stereocenters. The lowest BCUT2D eigenvalue weighted by Gasteiger charge is -2.33. The molecule has 2 atom stereocenters. The second-order valence-corrected chi connectivity index (χ2v) is 4.36. The van der Waals surface area contributed by atoms with Gasteiger partial charge < -0.3 is 19.5 Å². The number of amides is 1. The van der Waals surface area contributed by atoms with Crippen molar-refractivity contribution in [2.24, 2.45) is 0 Å². The molecule has 0 spiro atoms. The summed E-state index contributed by atoms with van der Waals surface area (Å²) < 4.78 is 10.5. The van der Waals surface area contributed by atoms with Crippen LogP contribution in [0.25, 0.3) is 0 Å². The summed E-state index contributed by atoms with van der Waals surface area (Å²) in [5.74, 6) is -1.15. The van der Waals surface area contributed by atoms with Gasteiger partial charge in [-0.3, -0.25) is 4.79 Å². The lowest BCUT2D eigenvalue weighted by molar-refractivity contribution is -0.159. The highest BCUT2D eigenvalue weighted by Gasteiger charge is 2.34. The smallest absolute Gasteiger partial charge is 0.328 e. The lowest BCUT2D eigenvalue weighted by atomic mass is 10.1. The van der Waals surface area contributed by atoms with Gasteiger partial charge in [0, 0.05) is 13.2 Å². The van der Waals surface area contributed by atoms with Crippen LogP contribution in [0.4, 0.5) is 0 Å². The minimum Gasteiger partial charge on any atom is -0.480 e. The number of rotatable bonds is 3. The number of hydrogen-bond donors (Lipinski definition) is 1. The maximum absolute atomic E-state index is 12.0. The lowest BCUT2D eigenvalue weighted by Crippen LogP contribution is -2.53. The summed E-state index contributed by atoms with van der Waals surface area (Å²) in [6.45, 7) is 1.53. The molecule has 2 aliphatic heterocycles. The molecule has 6 nitrogen and oxygen atoms in total. The average Bonchev–Trinajstić information content (AvgIpc) is 2.81. The van der Waals surface area contributed by atoms with Crippen molar-refractivity contribution in [2.75, 3.05) is 26.4 Å². The van der Waals surface area contributed by atoms with E-state index >= 15 is 0 Å². The summed E-state index contributed by atoms with van der Waals surface area (Å²) in [7, 11) is 0. The van der Waals surface area contributed by atoms with Crippen molar-refractivity contribution in [2.45, 2.75) is 31.4 Å². The highest BCUT2D eigenvalue weighted by molar-refractivity contribution is 5.84. The first kappa shape index (κ1) is 12.3. The van der Waals surface area contributed by atoms with Crippen LogP contribution in [0.2, 0.25) is 0 Å². The van der Waals surface area contributed by atoms with Crippen LogP contribution >= 0.6 is 0 Å². The predicted octanol–water partition coefficient (Wildman–Crippen LogP) is -0.133. The molecule has 96 valence electrons. The number of ether oxygens (including phenoxy) is 2. The average molecular weight is 243 g/mol. The molecule has 0 aromatic rings. The Bertz CT molecular complexity index is 300. The van der Waals surface area contributed by atoms with Gasteiger partial charge in [0.25, 0.3) is 0 Å². The standard InChI is InChI=1S/C11H17NO5/c13-10(6-8-2-1-4-17-8)12-3-5-16-7-9(12)11(14)15/h8-9H,1-7H2,(H,14,15)/t8-,9-/m1/s1. The van der Waals surface area contributed by atoms with Gasteiger partial charge in [-0.15, -0.1) is 0 Å². The van der Waals surface area contributed by atoms with E-state index in [9.17, 15) is 9.59 Å². The number of hydrogen-bond acceptors (Lipinski definition) is 4. The molecule has 0 aromatic heterocycles. The molecule has 0 radical (unpaired) electrons. The summed E-state index contributed by atoms with van der Waals surface area (Å²) in [5, 5.41) is 9.01. The first-order valence-electron chi connectivity index (χ1n) is 5.90. The summed E-state index contributed by atoms with van der Waals surface area (Å²) in [6, 6.07) is -0.849. The zero-order valence-corrected chi connectivity index (χ0v) is 9.63. The third-order valence-corrected chi connectivity index (χ3v) is 3.16. The largest absolute Gasteiger partial charge is 0.480 e. The molecule has 2 heterocycles. The second kappa shape index (κ2) is 5.46. The van der Waals surface area contributed by atoms with Crippen LogP contribution in [0.1, 0.15) is 19.3 Å². The minimum absolute atomic E-state index is 0.0419. The number of morpholine rings is 1. The maximum Gasteiger partial charge on any atom is 0.328 e. The topological polar surface area (TPSA) is 76.1 Å². The summed E-state index contributed by atoms with van der Waals surface area (Å²) >= 11 is 0. The second-order valence-electron chi connectivity index (χ2n) is 4.36. The molecular formula is C11H17NO5. The van der Waals surface area contributed by atoms with Gasteiger partial charge in [-0.2, -0.15) is 0 Å². The van der Waals surface area contributed by atoms with Gasteiger partial charge in [-0.1, -0.05) is 0 Å². The van der Waals surface area contributed by atoms with Gasteiger partial charge >= 0.3 is 5.97 Å². The van der Waals surface area contributed by atoms with Gasteiger partial charge in [-0.05, 0) is 12.8 Å². The van der Waals surface area contributed by atoms with Gasteiger partial charge in [0.1, 0.15) is 0 Å². The maximum atomic E-state index is 12.0. The first-order chi connectivity index (χ1) is 8.18. The molecule has 0 bridgehead atoms. The van der Waals surface area contributed by atoms with Crippen molar-refractivity contribution in [1.29, 1.82) is 0 Å².